The number of carbonyl (C=O) groups is 2. The third-order valence-electron chi connectivity index (χ3n) is 2.46. The van der Waals surface area contributed by atoms with E-state index in [4.69, 9.17) is 9.88 Å². The van der Waals surface area contributed by atoms with Gasteiger partial charge in [0.25, 0.3) is 10.0 Å². The quantitative estimate of drug-likeness (QED) is 0.378. The molecule has 0 atom stereocenters. The minimum atomic E-state index is -3.94. The molecule has 0 fully saturated rings. The zero-order valence-corrected chi connectivity index (χ0v) is 13.7. The number of nitrogens with zero attached hydrogens (tertiary/aromatic N) is 2. The van der Waals surface area contributed by atoms with E-state index in [0.717, 1.165) is 19.3 Å². The van der Waals surface area contributed by atoms with Crippen molar-refractivity contribution in [2.75, 3.05) is 11.9 Å². The molecule has 1 heterocycles. The number of primary sulfonamides is 1. The van der Waals surface area contributed by atoms with Crippen LogP contribution in [0.25, 0.3) is 0 Å². The van der Waals surface area contributed by atoms with Crippen LogP contribution in [0.5, 0.6) is 0 Å². The number of carbonyl (C=O) groups excluding carboxylic acids is 2. The van der Waals surface area contributed by atoms with Crippen LogP contribution in [0.4, 0.5) is 5.13 Å². The maximum atomic E-state index is 11.6. The zero-order valence-electron chi connectivity index (χ0n) is 12.1. The lowest BCUT2D eigenvalue weighted by Gasteiger charge is -2.04. The smallest absolute Gasteiger partial charge is 0.306 e. The Labute approximate surface area is 132 Å². The van der Waals surface area contributed by atoms with Gasteiger partial charge in [-0.3, -0.25) is 9.59 Å². The van der Waals surface area contributed by atoms with Crippen LogP contribution >= 0.6 is 11.3 Å². The van der Waals surface area contributed by atoms with Gasteiger partial charge in [-0.2, -0.15) is 0 Å². The Kier molecular flexibility index (Phi) is 7.35. The van der Waals surface area contributed by atoms with Crippen molar-refractivity contribution in [1.29, 1.82) is 0 Å². The first-order valence-corrected chi connectivity index (χ1v) is 9.01. The summed E-state index contributed by atoms with van der Waals surface area (Å²) in [6, 6.07) is 0. The van der Waals surface area contributed by atoms with Crippen LogP contribution in [0.3, 0.4) is 0 Å². The number of esters is 1. The van der Waals surface area contributed by atoms with Crippen LogP contribution in [-0.2, 0) is 24.3 Å². The van der Waals surface area contributed by atoms with Crippen LogP contribution in [0.15, 0.2) is 4.34 Å². The Morgan fingerprint density at radius 2 is 2.00 bits per heavy atom. The van der Waals surface area contributed by atoms with E-state index in [-0.39, 0.29) is 18.0 Å². The predicted molar refractivity (Wildman–Crippen MR) is 79.6 cm³/mol. The molecule has 1 amide bonds. The summed E-state index contributed by atoms with van der Waals surface area (Å²) in [7, 11) is -3.94. The number of anilines is 1. The third kappa shape index (κ3) is 6.91. The highest BCUT2D eigenvalue weighted by Crippen LogP contribution is 2.18. The molecule has 11 heteroatoms. The molecule has 0 aliphatic heterocycles. The van der Waals surface area contributed by atoms with Gasteiger partial charge in [0.15, 0.2) is 0 Å². The molecule has 1 rings (SSSR count). The monoisotopic (exact) mass is 350 g/mol. The van der Waals surface area contributed by atoms with Gasteiger partial charge < -0.3 is 10.1 Å². The molecular formula is C11H18N4O5S2. The molecule has 0 saturated carbocycles. The van der Waals surface area contributed by atoms with Gasteiger partial charge in [-0.1, -0.05) is 31.1 Å². The van der Waals surface area contributed by atoms with Crippen molar-refractivity contribution in [3.8, 4) is 0 Å². The van der Waals surface area contributed by atoms with E-state index >= 15 is 0 Å². The van der Waals surface area contributed by atoms with Gasteiger partial charge in [-0.25, -0.2) is 13.6 Å². The molecule has 0 unspecified atom stereocenters. The van der Waals surface area contributed by atoms with E-state index in [0.29, 0.717) is 17.9 Å². The third-order valence-corrected chi connectivity index (χ3v) is 4.61. The van der Waals surface area contributed by atoms with Crippen LogP contribution in [-0.4, -0.2) is 37.1 Å². The van der Waals surface area contributed by atoms with E-state index in [1.165, 1.54) is 0 Å². The van der Waals surface area contributed by atoms with Crippen molar-refractivity contribution in [2.45, 2.75) is 43.4 Å². The summed E-state index contributed by atoms with van der Waals surface area (Å²) in [5.74, 6) is -0.934. The van der Waals surface area contributed by atoms with E-state index in [1.54, 1.807) is 0 Å². The first-order valence-electron chi connectivity index (χ1n) is 6.64. The molecular weight excluding hydrogens is 332 g/mol. The van der Waals surface area contributed by atoms with Gasteiger partial charge >= 0.3 is 5.97 Å². The molecule has 3 N–H and O–H groups in total. The number of ether oxygens (including phenoxy) is 1. The molecule has 0 radical (unpaired) electrons. The molecule has 124 valence electrons. The second-order valence-electron chi connectivity index (χ2n) is 4.39. The number of aromatic nitrogens is 2. The maximum absolute atomic E-state index is 11.6. The molecule has 1 aromatic rings. The highest BCUT2D eigenvalue weighted by atomic mass is 32.2. The summed E-state index contributed by atoms with van der Waals surface area (Å²) in [6.07, 6.45) is 2.67. The Morgan fingerprint density at radius 1 is 1.27 bits per heavy atom. The standard InChI is InChI=1S/C11H18N4O5S2/c1-2-3-4-7-20-9(17)6-5-8(16)13-10-14-15-11(21-10)22(12,18)19/h2-7H2,1H3,(H2,12,18,19)(H,13,14,16). The second kappa shape index (κ2) is 8.76. The fourth-order valence-electron chi connectivity index (χ4n) is 1.38. The topological polar surface area (TPSA) is 141 Å². The summed E-state index contributed by atoms with van der Waals surface area (Å²) in [6.45, 7) is 2.39. The van der Waals surface area contributed by atoms with E-state index in [9.17, 15) is 18.0 Å². The molecule has 22 heavy (non-hydrogen) atoms. The molecule has 0 bridgehead atoms. The minimum absolute atomic E-state index is 0.00494. The fourth-order valence-corrected chi connectivity index (χ4v) is 2.73. The van der Waals surface area contributed by atoms with Crippen LogP contribution in [0, 0.1) is 0 Å². The highest BCUT2D eigenvalue weighted by Gasteiger charge is 2.16. The molecule has 0 aliphatic rings. The second-order valence-corrected chi connectivity index (χ2v) is 7.11. The number of unbranched alkanes of at least 4 members (excludes halogenated alkanes) is 2. The summed E-state index contributed by atoms with van der Waals surface area (Å²) in [5.41, 5.74) is 0. The number of nitrogens with two attached hydrogens (primary N) is 1. The molecule has 0 spiro atoms. The van der Waals surface area contributed by atoms with Crippen molar-refractivity contribution < 1.29 is 22.7 Å². The first kappa shape index (κ1) is 18.5. The van der Waals surface area contributed by atoms with E-state index in [2.05, 4.69) is 15.5 Å². The van der Waals surface area contributed by atoms with Crippen molar-refractivity contribution in [1.82, 2.24) is 10.2 Å². The molecule has 1 aromatic heterocycles. The fraction of sp³-hybridized carbons (Fsp3) is 0.636. The molecule has 9 nitrogen and oxygen atoms in total. The molecule has 0 aliphatic carbocycles. The van der Waals surface area contributed by atoms with Crippen molar-refractivity contribution >= 4 is 38.4 Å². The average Bonchev–Trinajstić information content (AvgIpc) is 2.90. The highest BCUT2D eigenvalue weighted by molar-refractivity contribution is 7.91. The molecule has 0 aromatic carbocycles. The number of sulfonamides is 1. The van der Waals surface area contributed by atoms with Gasteiger partial charge in [0, 0.05) is 6.42 Å². The predicted octanol–water partition coefficient (Wildman–Crippen LogP) is 0.638. The average molecular weight is 350 g/mol. The SMILES string of the molecule is CCCCCOC(=O)CCC(=O)Nc1nnc(S(N)(=O)=O)s1. The van der Waals surface area contributed by atoms with Crippen molar-refractivity contribution in [2.24, 2.45) is 5.14 Å². The van der Waals surface area contributed by atoms with Crippen LogP contribution in [0.2, 0.25) is 0 Å². The number of hydrogen-bond acceptors (Lipinski definition) is 8. The number of hydrogen-bond donors (Lipinski definition) is 2. The maximum Gasteiger partial charge on any atom is 0.306 e. The van der Waals surface area contributed by atoms with E-state index in [1.807, 2.05) is 6.92 Å². The van der Waals surface area contributed by atoms with Gasteiger partial charge in [-0.15, -0.1) is 10.2 Å². The zero-order chi connectivity index (χ0) is 16.6. The largest absolute Gasteiger partial charge is 0.466 e. The van der Waals surface area contributed by atoms with Gasteiger partial charge in [0.05, 0.1) is 13.0 Å². The number of amides is 1. The minimum Gasteiger partial charge on any atom is -0.466 e. The normalized spacial score (nSPS) is 11.2. The summed E-state index contributed by atoms with van der Waals surface area (Å²) in [4.78, 5) is 23.0. The van der Waals surface area contributed by atoms with Gasteiger partial charge in [0.1, 0.15) is 0 Å². The Morgan fingerprint density at radius 3 is 2.59 bits per heavy atom. The lowest BCUT2D eigenvalue weighted by molar-refractivity contribution is -0.144. The van der Waals surface area contributed by atoms with E-state index < -0.39 is 26.2 Å². The number of rotatable bonds is 9. The first-order chi connectivity index (χ1) is 10.3. The number of nitrogens with one attached hydrogen (secondary N) is 1. The van der Waals surface area contributed by atoms with Gasteiger partial charge in [-0.05, 0) is 6.42 Å². The Balaban J connectivity index is 2.31. The van der Waals surface area contributed by atoms with Crippen LogP contribution in [0.1, 0.15) is 39.0 Å². The van der Waals surface area contributed by atoms with Crippen molar-refractivity contribution in [3.05, 3.63) is 0 Å². The summed E-state index contributed by atoms with van der Waals surface area (Å²) < 4.78 is 26.6. The lowest BCUT2D eigenvalue weighted by Crippen LogP contribution is -2.14. The molecule has 0 saturated heterocycles. The van der Waals surface area contributed by atoms with Crippen molar-refractivity contribution in [3.63, 3.8) is 0 Å². The summed E-state index contributed by atoms with van der Waals surface area (Å²) >= 11 is 0.638. The summed E-state index contributed by atoms with van der Waals surface area (Å²) in [5, 5.41) is 14.0. The van der Waals surface area contributed by atoms with Gasteiger partial charge in [0.2, 0.25) is 15.4 Å². The lowest BCUT2D eigenvalue weighted by atomic mass is 10.2. The Hall–Kier alpha value is -1.59. The van der Waals surface area contributed by atoms with Crippen LogP contribution < -0.4 is 10.5 Å². The Bertz CT molecular complexity index is 614.